The third-order valence-electron chi connectivity index (χ3n) is 3.14. The Morgan fingerprint density at radius 2 is 2.00 bits per heavy atom. The Morgan fingerprint density at radius 1 is 1.22 bits per heavy atom. The fraction of sp³-hybridized carbons (Fsp3) is 0.267. The SMILES string of the molecule is Cc1coc2c3c(ccc2c1=O)OC(C)(C)C=C3. The lowest BCUT2D eigenvalue weighted by atomic mass is 10.0. The molecule has 3 heteroatoms. The second-order valence-electron chi connectivity index (χ2n) is 5.14. The molecule has 0 spiro atoms. The Labute approximate surface area is 105 Å². The van der Waals surface area contributed by atoms with Gasteiger partial charge in [0, 0.05) is 5.56 Å². The van der Waals surface area contributed by atoms with E-state index in [4.69, 9.17) is 9.15 Å². The van der Waals surface area contributed by atoms with E-state index < -0.39 is 0 Å². The van der Waals surface area contributed by atoms with E-state index in [0.29, 0.717) is 16.5 Å². The number of fused-ring (bicyclic) bond motifs is 3. The van der Waals surface area contributed by atoms with Gasteiger partial charge in [-0.05, 0) is 45.1 Å². The molecule has 1 aliphatic rings. The highest BCUT2D eigenvalue weighted by Crippen LogP contribution is 2.35. The van der Waals surface area contributed by atoms with E-state index >= 15 is 0 Å². The first-order valence-electron chi connectivity index (χ1n) is 5.91. The summed E-state index contributed by atoms with van der Waals surface area (Å²) in [6.45, 7) is 5.73. The van der Waals surface area contributed by atoms with E-state index in [1.54, 1.807) is 13.0 Å². The van der Waals surface area contributed by atoms with Gasteiger partial charge in [0.1, 0.15) is 16.9 Å². The van der Waals surface area contributed by atoms with E-state index in [-0.39, 0.29) is 11.0 Å². The maximum Gasteiger partial charge on any atom is 0.195 e. The number of benzene rings is 1. The Balaban J connectivity index is 2.36. The average molecular weight is 242 g/mol. The van der Waals surface area contributed by atoms with Gasteiger partial charge in [-0.25, -0.2) is 0 Å². The molecule has 1 aromatic carbocycles. The van der Waals surface area contributed by atoms with Crippen LogP contribution in [-0.4, -0.2) is 5.60 Å². The molecule has 2 heterocycles. The van der Waals surface area contributed by atoms with E-state index in [9.17, 15) is 4.79 Å². The second kappa shape index (κ2) is 3.48. The largest absolute Gasteiger partial charge is 0.483 e. The van der Waals surface area contributed by atoms with Gasteiger partial charge in [-0.1, -0.05) is 0 Å². The predicted octanol–water partition coefficient (Wildman–Crippen LogP) is 3.29. The minimum Gasteiger partial charge on any atom is -0.483 e. The van der Waals surface area contributed by atoms with E-state index in [0.717, 1.165) is 11.3 Å². The molecular weight excluding hydrogens is 228 g/mol. The van der Waals surface area contributed by atoms with Gasteiger partial charge in [0.15, 0.2) is 5.43 Å². The molecule has 0 radical (unpaired) electrons. The van der Waals surface area contributed by atoms with Crippen LogP contribution in [0.2, 0.25) is 0 Å². The molecule has 0 fully saturated rings. The van der Waals surface area contributed by atoms with Gasteiger partial charge in [0.2, 0.25) is 0 Å². The van der Waals surface area contributed by atoms with Crippen LogP contribution >= 0.6 is 0 Å². The van der Waals surface area contributed by atoms with Crippen LogP contribution in [0.5, 0.6) is 5.75 Å². The molecule has 92 valence electrons. The zero-order valence-electron chi connectivity index (χ0n) is 10.6. The van der Waals surface area contributed by atoms with Crippen LogP contribution in [0.25, 0.3) is 17.0 Å². The lowest BCUT2D eigenvalue weighted by Crippen LogP contribution is -2.27. The van der Waals surface area contributed by atoms with Crippen molar-refractivity contribution in [3.05, 3.63) is 45.8 Å². The van der Waals surface area contributed by atoms with Crippen LogP contribution in [0, 0.1) is 6.92 Å². The lowest BCUT2D eigenvalue weighted by molar-refractivity contribution is 0.159. The summed E-state index contributed by atoms with van der Waals surface area (Å²) in [5.74, 6) is 0.752. The van der Waals surface area contributed by atoms with Crippen molar-refractivity contribution in [3.8, 4) is 5.75 Å². The van der Waals surface area contributed by atoms with Gasteiger partial charge in [0.25, 0.3) is 0 Å². The number of hydrogen-bond donors (Lipinski definition) is 0. The summed E-state index contributed by atoms with van der Waals surface area (Å²) in [7, 11) is 0. The van der Waals surface area contributed by atoms with Crippen molar-refractivity contribution in [1.82, 2.24) is 0 Å². The fourth-order valence-corrected chi connectivity index (χ4v) is 2.15. The zero-order valence-corrected chi connectivity index (χ0v) is 10.6. The van der Waals surface area contributed by atoms with Crippen molar-refractivity contribution < 1.29 is 9.15 Å². The lowest BCUT2D eigenvalue weighted by Gasteiger charge is -2.27. The normalized spacial score (nSPS) is 16.4. The quantitative estimate of drug-likeness (QED) is 0.711. The number of ether oxygens (including phenoxy) is 1. The summed E-state index contributed by atoms with van der Waals surface area (Å²) < 4.78 is 11.4. The van der Waals surface area contributed by atoms with Crippen LogP contribution < -0.4 is 10.2 Å². The third-order valence-corrected chi connectivity index (χ3v) is 3.14. The van der Waals surface area contributed by atoms with Crippen molar-refractivity contribution in [1.29, 1.82) is 0 Å². The first-order chi connectivity index (χ1) is 8.48. The highest BCUT2D eigenvalue weighted by molar-refractivity contribution is 5.89. The van der Waals surface area contributed by atoms with E-state index in [1.807, 2.05) is 32.1 Å². The molecular formula is C15H14O3. The van der Waals surface area contributed by atoms with Gasteiger partial charge in [0.05, 0.1) is 17.2 Å². The first-order valence-corrected chi connectivity index (χ1v) is 5.91. The van der Waals surface area contributed by atoms with Crippen molar-refractivity contribution in [2.75, 3.05) is 0 Å². The fourth-order valence-electron chi connectivity index (χ4n) is 2.15. The number of aryl methyl sites for hydroxylation is 1. The van der Waals surface area contributed by atoms with E-state index in [2.05, 4.69) is 0 Å². The van der Waals surface area contributed by atoms with Crippen LogP contribution in [0.1, 0.15) is 25.0 Å². The molecule has 0 bridgehead atoms. The highest BCUT2D eigenvalue weighted by atomic mass is 16.5. The van der Waals surface area contributed by atoms with Crippen LogP contribution in [-0.2, 0) is 0 Å². The van der Waals surface area contributed by atoms with Gasteiger partial charge in [-0.15, -0.1) is 0 Å². The smallest absolute Gasteiger partial charge is 0.195 e. The minimum atomic E-state index is -0.328. The third kappa shape index (κ3) is 1.55. The molecule has 2 aromatic rings. The van der Waals surface area contributed by atoms with Gasteiger partial charge < -0.3 is 9.15 Å². The monoisotopic (exact) mass is 242 g/mol. The Morgan fingerprint density at radius 3 is 2.78 bits per heavy atom. The molecule has 0 aliphatic carbocycles. The number of rotatable bonds is 0. The predicted molar refractivity (Wildman–Crippen MR) is 71.0 cm³/mol. The van der Waals surface area contributed by atoms with Crippen molar-refractivity contribution in [3.63, 3.8) is 0 Å². The van der Waals surface area contributed by atoms with Gasteiger partial charge in [-0.2, -0.15) is 0 Å². The molecule has 18 heavy (non-hydrogen) atoms. The summed E-state index contributed by atoms with van der Waals surface area (Å²) >= 11 is 0. The summed E-state index contributed by atoms with van der Waals surface area (Å²) in [4.78, 5) is 12.0. The molecule has 3 nitrogen and oxygen atoms in total. The second-order valence-corrected chi connectivity index (χ2v) is 5.14. The highest BCUT2D eigenvalue weighted by Gasteiger charge is 2.24. The molecule has 0 saturated carbocycles. The summed E-state index contributed by atoms with van der Waals surface area (Å²) in [6, 6.07) is 3.60. The molecule has 0 N–H and O–H groups in total. The average Bonchev–Trinajstić information content (AvgIpc) is 2.32. The van der Waals surface area contributed by atoms with Crippen molar-refractivity contribution in [2.45, 2.75) is 26.4 Å². The molecule has 3 rings (SSSR count). The molecule has 0 atom stereocenters. The van der Waals surface area contributed by atoms with E-state index in [1.165, 1.54) is 6.26 Å². The first kappa shape index (κ1) is 11.1. The topological polar surface area (TPSA) is 39.4 Å². The van der Waals surface area contributed by atoms with Crippen molar-refractivity contribution >= 4 is 17.0 Å². The van der Waals surface area contributed by atoms with Crippen molar-refractivity contribution in [2.24, 2.45) is 0 Å². The van der Waals surface area contributed by atoms with Crippen LogP contribution in [0.4, 0.5) is 0 Å². The Kier molecular flexibility index (Phi) is 2.14. The zero-order chi connectivity index (χ0) is 12.9. The summed E-state index contributed by atoms with van der Waals surface area (Å²) in [5.41, 5.74) is 1.73. The maximum atomic E-state index is 12.0. The van der Waals surface area contributed by atoms with Crippen LogP contribution in [0.3, 0.4) is 0 Å². The Hall–Kier alpha value is -2.03. The summed E-state index contributed by atoms with van der Waals surface area (Å²) in [6.07, 6.45) is 5.42. The molecule has 0 amide bonds. The Bertz CT molecular complexity index is 720. The van der Waals surface area contributed by atoms with Gasteiger partial charge in [-0.3, -0.25) is 4.79 Å². The molecule has 1 aromatic heterocycles. The molecule has 0 saturated heterocycles. The van der Waals surface area contributed by atoms with Gasteiger partial charge >= 0.3 is 0 Å². The molecule has 0 unspecified atom stereocenters. The number of hydrogen-bond acceptors (Lipinski definition) is 3. The molecule has 1 aliphatic heterocycles. The standard InChI is InChI=1S/C15H14O3/c1-9-8-17-14-10-6-7-15(2,3)18-12(10)5-4-11(14)13(9)16/h4-8H,1-3H3. The maximum absolute atomic E-state index is 12.0. The summed E-state index contributed by atoms with van der Waals surface area (Å²) in [5, 5.41) is 0.599. The van der Waals surface area contributed by atoms with Crippen LogP contribution in [0.15, 0.2) is 33.7 Å². The minimum absolute atomic E-state index is 0.0114.